The van der Waals surface area contributed by atoms with E-state index in [2.05, 4.69) is 0 Å². The summed E-state index contributed by atoms with van der Waals surface area (Å²) in [5, 5.41) is -0.253. The molecule has 0 spiro atoms. The molecule has 1 aliphatic heterocycles. The van der Waals surface area contributed by atoms with Crippen LogP contribution in [0.15, 0.2) is 53.4 Å². The van der Waals surface area contributed by atoms with E-state index in [9.17, 15) is 8.42 Å². The summed E-state index contributed by atoms with van der Waals surface area (Å²) >= 11 is 1.63. The predicted octanol–water partition coefficient (Wildman–Crippen LogP) is 3.44. The Hall–Kier alpha value is -1.50. The topological polar surface area (TPSA) is 46.6 Å². The summed E-state index contributed by atoms with van der Waals surface area (Å²) < 4.78 is 33.1. The lowest BCUT2D eigenvalue weighted by Gasteiger charge is -2.25. The van der Waals surface area contributed by atoms with Crippen molar-refractivity contribution in [2.75, 3.05) is 19.4 Å². The third kappa shape index (κ3) is 3.11. The summed E-state index contributed by atoms with van der Waals surface area (Å²) in [5.41, 5.74) is 1.83. The van der Waals surface area contributed by atoms with Gasteiger partial charge in [0.1, 0.15) is 5.75 Å². The van der Waals surface area contributed by atoms with Gasteiger partial charge in [0.15, 0.2) is 0 Å². The molecule has 1 heterocycles. The highest BCUT2D eigenvalue weighted by molar-refractivity contribution is 8.01. The fourth-order valence-corrected chi connectivity index (χ4v) is 6.09. The number of nitrogens with zero attached hydrogens (tertiary/aromatic N) is 1. The van der Waals surface area contributed by atoms with Crippen molar-refractivity contribution in [1.29, 1.82) is 0 Å². The minimum atomic E-state index is -3.53. The third-order valence-electron chi connectivity index (χ3n) is 3.85. The normalized spacial score (nSPS) is 19.0. The van der Waals surface area contributed by atoms with Crippen LogP contribution in [-0.2, 0) is 10.0 Å². The van der Waals surface area contributed by atoms with Gasteiger partial charge in [-0.15, -0.1) is 11.8 Å². The van der Waals surface area contributed by atoms with E-state index in [4.69, 9.17) is 4.74 Å². The summed E-state index contributed by atoms with van der Waals surface area (Å²) in [5.74, 6) is 1.49. The monoisotopic (exact) mass is 349 g/mol. The molecule has 23 heavy (non-hydrogen) atoms. The van der Waals surface area contributed by atoms with Gasteiger partial charge in [-0.25, -0.2) is 8.42 Å². The van der Waals surface area contributed by atoms with Gasteiger partial charge >= 0.3 is 0 Å². The van der Waals surface area contributed by atoms with Crippen LogP contribution in [0.4, 0.5) is 0 Å². The van der Waals surface area contributed by atoms with Crippen molar-refractivity contribution in [3.63, 3.8) is 0 Å². The molecular weight excluding hydrogens is 330 g/mol. The molecule has 3 rings (SSSR count). The number of hydrogen-bond acceptors (Lipinski definition) is 4. The van der Waals surface area contributed by atoms with Crippen LogP contribution in [-0.4, -0.2) is 32.1 Å². The predicted molar refractivity (Wildman–Crippen MR) is 93.3 cm³/mol. The third-order valence-corrected chi connectivity index (χ3v) is 7.09. The second kappa shape index (κ2) is 6.55. The molecule has 1 saturated heterocycles. The Bertz CT molecular complexity index is 805. The van der Waals surface area contributed by atoms with E-state index in [1.807, 2.05) is 37.3 Å². The average molecular weight is 349 g/mol. The molecule has 0 N–H and O–H groups in total. The number of methoxy groups -OCH3 is 1. The van der Waals surface area contributed by atoms with Crippen molar-refractivity contribution in [2.45, 2.75) is 17.2 Å². The van der Waals surface area contributed by atoms with Gasteiger partial charge < -0.3 is 4.74 Å². The van der Waals surface area contributed by atoms with E-state index < -0.39 is 10.0 Å². The van der Waals surface area contributed by atoms with Crippen LogP contribution >= 0.6 is 11.8 Å². The summed E-state index contributed by atoms with van der Waals surface area (Å²) in [6.07, 6.45) is 0. The van der Waals surface area contributed by atoms with Crippen LogP contribution < -0.4 is 4.74 Å². The Morgan fingerprint density at radius 3 is 2.70 bits per heavy atom. The molecule has 4 nitrogen and oxygen atoms in total. The van der Waals surface area contributed by atoms with Crippen molar-refractivity contribution in [1.82, 2.24) is 4.31 Å². The molecule has 0 saturated carbocycles. The Labute approximate surface area is 141 Å². The molecule has 0 aromatic heterocycles. The average Bonchev–Trinajstić information content (AvgIpc) is 3.05. The fraction of sp³-hybridized carbons (Fsp3) is 0.294. The standard InChI is InChI=1S/C17H19NO3S2/c1-13-6-5-7-14(12-13)23(19,20)18-10-11-22-17(18)15-8-3-4-9-16(15)21-2/h3-9,12,17H,10-11H2,1-2H3/t17-/m0/s1. The number of aryl methyl sites for hydroxylation is 1. The molecule has 1 atom stereocenters. The maximum atomic E-state index is 13.0. The van der Waals surface area contributed by atoms with Crippen LogP contribution in [0, 0.1) is 6.92 Å². The molecule has 2 aromatic carbocycles. The van der Waals surface area contributed by atoms with Gasteiger partial charge in [-0.3, -0.25) is 0 Å². The number of sulfonamides is 1. The summed E-state index contributed by atoms with van der Waals surface area (Å²) in [6.45, 7) is 2.40. The first-order valence-electron chi connectivity index (χ1n) is 7.37. The van der Waals surface area contributed by atoms with Gasteiger partial charge in [0.25, 0.3) is 0 Å². The quantitative estimate of drug-likeness (QED) is 0.848. The number of rotatable bonds is 4. The van der Waals surface area contributed by atoms with Gasteiger partial charge in [-0.1, -0.05) is 30.3 Å². The van der Waals surface area contributed by atoms with Gasteiger partial charge in [-0.2, -0.15) is 4.31 Å². The fourth-order valence-electron chi connectivity index (χ4n) is 2.73. The van der Waals surface area contributed by atoms with E-state index >= 15 is 0 Å². The maximum absolute atomic E-state index is 13.0. The Morgan fingerprint density at radius 2 is 1.96 bits per heavy atom. The summed E-state index contributed by atoms with van der Waals surface area (Å²) in [7, 11) is -1.92. The van der Waals surface area contributed by atoms with Crippen LogP contribution in [0.5, 0.6) is 5.75 Å². The second-order valence-corrected chi connectivity index (χ2v) is 8.48. The van der Waals surface area contributed by atoms with Crippen LogP contribution in [0.25, 0.3) is 0 Å². The molecule has 0 unspecified atom stereocenters. The number of hydrogen-bond donors (Lipinski definition) is 0. The molecule has 6 heteroatoms. The minimum absolute atomic E-state index is 0.253. The summed E-state index contributed by atoms with van der Waals surface area (Å²) in [4.78, 5) is 0.347. The first-order valence-corrected chi connectivity index (χ1v) is 9.86. The van der Waals surface area contributed by atoms with E-state index in [0.717, 1.165) is 22.6 Å². The lowest BCUT2D eigenvalue weighted by Crippen LogP contribution is -2.30. The molecule has 0 aliphatic carbocycles. The second-order valence-electron chi connectivity index (χ2n) is 5.40. The molecule has 1 aliphatic rings. The highest BCUT2D eigenvalue weighted by Gasteiger charge is 2.38. The molecule has 1 fully saturated rings. The van der Waals surface area contributed by atoms with Gasteiger partial charge in [0.2, 0.25) is 10.0 Å². The van der Waals surface area contributed by atoms with Crippen LogP contribution in [0.3, 0.4) is 0 Å². The zero-order valence-electron chi connectivity index (χ0n) is 13.1. The van der Waals surface area contributed by atoms with E-state index in [1.54, 1.807) is 41.4 Å². The van der Waals surface area contributed by atoms with Crippen molar-refractivity contribution >= 4 is 21.8 Å². The summed E-state index contributed by atoms with van der Waals surface area (Å²) in [6, 6.07) is 14.7. The Kier molecular flexibility index (Phi) is 4.66. The number of para-hydroxylation sites is 1. The van der Waals surface area contributed by atoms with Crippen molar-refractivity contribution < 1.29 is 13.2 Å². The lowest BCUT2D eigenvalue weighted by atomic mass is 10.2. The first-order chi connectivity index (χ1) is 11.0. The van der Waals surface area contributed by atoms with E-state index in [-0.39, 0.29) is 5.37 Å². The number of benzene rings is 2. The number of thioether (sulfide) groups is 1. The molecule has 2 aromatic rings. The van der Waals surface area contributed by atoms with Crippen molar-refractivity contribution in [2.24, 2.45) is 0 Å². The Morgan fingerprint density at radius 1 is 1.17 bits per heavy atom. The molecule has 122 valence electrons. The van der Waals surface area contributed by atoms with Crippen LogP contribution in [0.2, 0.25) is 0 Å². The first kappa shape index (κ1) is 16.4. The highest BCUT2D eigenvalue weighted by Crippen LogP contribution is 2.44. The minimum Gasteiger partial charge on any atom is -0.496 e. The maximum Gasteiger partial charge on any atom is 0.244 e. The molecule has 0 amide bonds. The van der Waals surface area contributed by atoms with E-state index in [0.29, 0.717) is 11.4 Å². The smallest absolute Gasteiger partial charge is 0.244 e. The Balaban J connectivity index is 2.01. The SMILES string of the molecule is COc1ccccc1[C@@H]1SCCN1S(=O)(=O)c1cccc(C)c1. The molecule has 0 radical (unpaired) electrons. The highest BCUT2D eigenvalue weighted by atomic mass is 32.2. The molecular formula is C17H19NO3S2. The van der Waals surface area contributed by atoms with Gasteiger partial charge in [0.05, 0.1) is 17.4 Å². The van der Waals surface area contributed by atoms with Crippen LogP contribution in [0.1, 0.15) is 16.5 Å². The van der Waals surface area contributed by atoms with Gasteiger partial charge in [0, 0.05) is 17.9 Å². The largest absolute Gasteiger partial charge is 0.496 e. The van der Waals surface area contributed by atoms with Crippen molar-refractivity contribution in [3.8, 4) is 5.75 Å². The number of ether oxygens (including phenoxy) is 1. The zero-order valence-corrected chi connectivity index (χ0v) is 14.7. The molecule has 0 bridgehead atoms. The van der Waals surface area contributed by atoms with E-state index in [1.165, 1.54) is 0 Å². The zero-order chi connectivity index (χ0) is 16.4. The van der Waals surface area contributed by atoms with Gasteiger partial charge in [-0.05, 0) is 30.7 Å². The van der Waals surface area contributed by atoms with Crippen molar-refractivity contribution in [3.05, 3.63) is 59.7 Å². The lowest BCUT2D eigenvalue weighted by molar-refractivity contribution is 0.390.